The summed E-state index contributed by atoms with van der Waals surface area (Å²) in [5.41, 5.74) is 6.92. The van der Waals surface area contributed by atoms with Crippen LogP contribution >= 0.6 is 15.9 Å². The molecule has 0 aliphatic heterocycles. The molecule has 1 aliphatic carbocycles. The maximum atomic E-state index is 12.3. The van der Waals surface area contributed by atoms with E-state index >= 15 is 0 Å². The van der Waals surface area contributed by atoms with Gasteiger partial charge in [0, 0.05) is 18.0 Å². The van der Waals surface area contributed by atoms with Crippen molar-refractivity contribution in [1.82, 2.24) is 0 Å². The summed E-state index contributed by atoms with van der Waals surface area (Å²) >= 11 is 3.24. The first-order chi connectivity index (χ1) is 10.2. The molecule has 0 radical (unpaired) electrons. The Labute approximate surface area is 137 Å². The molecular weight excluding hydrogens is 374 g/mol. The summed E-state index contributed by atoms with van der Waals surface area (Å²) in [7, 11) is -4.00. The van der Waals surface area contributed by atoms with Crippen LogP contribution in [0.5, 0.6) is 0 Å². The van der Waals surface area contributed by atoms with Crippen molar-refractivity contribution >= 4 is 32.0 Å². The van der Waals surface area contributed by atoms with Crippen molar-refractivity contribution in [3.8, 4) is 0 Å². The largest absolute Gasteiger partial charge is 0.478 e. The van der Waals surface area contributed by atoms with Crippen molar-refractivity contribution in [3.05, 3.63) is 41.5 Å². The van der Waals surface area contributed by atoms with Gasteiger partial charge in [-0.15, -0.1) is 0 Å². The van der Waals surface area contributed by atoms with Gasteiger partial charge in [-0.3, -0.25) is 4.18 Å². The first kappa shape index (κ1) is 17.1. The summed E-state index contributed by atoms with van der Waals surface area (Å²) < 4.78 is 29.7. The van der Waals surface area contributed by atoms with Crippen molar-refractivity contribution in [2.24, 2.45) is 5.73 Å². The lowest BCUT2D eigenvalue weighted by molar-refractivity contribution is -0.133. The molecule has 22 heavy (non-hydrogen) atoms. The molecule has 1 aromatic carbocycles. The van der Waals surface area contributed by atoms with Gasteiger partial charge in [0.25, 0.3) is 10.1 Å². The Hall–Kier alpha value is -1.22. The van der Waals surface area contributed by atoms with E-state index in [-0.39, 0.29) is 16.9 Å². The maximum absolute atomic E-state index is 12.3. The standard InChI is InChI=1S/C14H16BrNO5S/c1-8-2-4-10(5-3-8)22(19,20)21-12-7-9(14(17)18)6-11(15)13(12)16/h2-6,11-13H,7,16H2,1H3,(H,17,18)/t11-,12-,13+/m1/s1. The number of alkyl halides is 1. The number of benzene rings is 1. The molecule has 6 nitrogen and oxygen atoms in total. The maximum Gasteiger partial charge on any atom is 0.331 e. The fourth-order valence-corrected chi connectivity index (χ4v) is 3.87. The van der Waals surface area contributed by atoms with Crippen LogP contribution in [0.1, 0.15) is 12.0 Å². The van der Waals surface area contributed by atoms with E-state index < -0.39 is 33.1 Å². The third-order valence-electron chi connectivity index (χ3n) is 3.41. The molecule has 0 amide bonds. The van der Waals surface area contributed by atoms with Crippen LogP contribution in [0, 0.1) is 6.92 Å². The smallest absolute Gasteiger partial charge is 0.331 e. The summed E-state index contributed by atoms with van der Waals surface area (Å²) in [4.78, 5) is 10.6. The minimum absolute atomic E-state index is 0.0165. The average molecular weight is 390 g/mol. The predicted molar refractivity (Wildman–Crippen MR) is 84.3 cm³/mol. The molecule has 0 saturated heterocycles. The van der Waals surface area contributed by atoms with Crippen molar-refractivity contribution < 1.29 is 22.5 Å². The molecule has 3 N–H and O–H groups in total. The second kappa shape index (κ2) is 6.49. The normalized spacial score (nSPS) is 25.6. The van der Waals surface area contributed by atoms with Gasteiger partial charge in [-0.05, 0) is 19.1 Å². The van der Waals surface area contributed by atoms with E-state index in [1.807, 2.05) is 6.92 Å². The molecule has 3 atom stereocenters. The van der Waals surface area contributed by atoms with Gasteiger partial charge in [-0.1, -0.05) is 39.7 Å². The lowest BCUT2D eigenvalue weighted by atomic mass is 9.93. The van der Waals surface area contributed by atoms with Crippen molar-refractivity contribution in [2.45, 2.75) is 35.2 Å². The van der Waals surface area contributed by atoms with Gasteiger partial charge in [-0.25, -0.2) is 4.79 Å². The molecule has 0 bridgehead atoms. The number of aliphatic carboxylic acids is 1. The molecule has 0 aromatic heterocycles. The molecule has 1 aliphatic rings. The van der Waals surface area contributed by atoms with E-state index in [0.717, 1.165) is 5.56 Å². The van der Waals surface area contributed by atoms with Crippen LogP contribution in [0.3, 0.4) is 0 Å². The molecule has 0 spiro atoms. The molecule has 8 heteroatoms. The number of halogens is 1. The average Bonchev–Trinajstić information content (AvgIpc) is 2.43. The molecular formula is C14H16BrNO5S. The molecule has 0 heterocycles. The second-order valence-corrected chi connectivity index (χ2v) is 7.75. The zero-order valence-corrected chi connectivity index (χ0v) is 14.2. The number of aryl methyl sites for hydroxylation is 1. The van der Waals surface area contributed by atoms with Crippen LogP contribution < -0.4 is 5.73 Å². The fourth-order valence-electron chi connectivity index (χ4n) is 2.11. The number of nitrogens with two attached hydrogens (primary N) is 1. The lowest BCUT2D eigenvalue weighted by Crippen LogP contribution is -2.47. The number of rotatable bonds is 4. The van der Waals surface area contributed by atoms with E-state index in [1.54, 1.807) is 12.1 Å². The Bertz CT molecular complexity index is 698. The summed E-state index contributed by atoms with van der Waals surface area (Å²) in [6, 6.07) is 5.54. The number of hydrogen-bond acceptors (Lipinski definition) is 5. The quantitative estimate of drug-likeness (QED) is 0.597. The van der Waals surface area contributed by atoms with E-state index in [9.17, 15) is 13.2 Å². The summed E-state index contributed by atoms with van der Waals surface area (Å²) in [6.07, 6.45) is 0.460. The van der Waals surface area contributed by atoms with Crippen LogP contribution in [0.25, 0.3) is 0 Å². The van der Waals surface area contributed by atoms with Crippen LogP contribution in [0.2, 0.25) is 0 Å². The van der Waals surface area contributed by atoms with E-state index in [0.29, 0.717) is 0 Å². The number of carboxylic acids is 1. The Balaban J connectivity index is 2.23. The zero-order chi connectivity index (χ0) is 16.5. The molecule has 0 saturated carbocycles. The van der Waals surface area contributed by atoms with Crippen LogP contribution in [-0.2, 0) is 19.1 Å². The van der Waals surface area contributed by atoms with Gasteiger partial charge in [0.15, 0.2) is 0 Å². The molecule has 2 rings (SSSR count). The van der Waals surface area contributed by atoms with Gasteiger partial charge in [0.05, 0.1) is 15.8 Å². The highest BCUT2D eigenvalue weighted by Gasteiger charge is 2.35. The Kier molecular flexibility index (Phi) is 5.06. The van der Waals surface area contributed by atoms with Crippen molar-refractivity contribution in [2.75, 3.05) is 0 Å². The van der Waals surface area contributed by atoms with E-state index in [1.165, 1.54) is 18.2 Å². The minimum atomic E-state index is -4.00. The third kappa shape index (κ3) is 3.75. The van der Waals surface area contributed by atoms with Crippen LogP contribution in [-0.4, -0.2) is 36.5 Å². The second-order valence-electron chi connectivity index (χ2n) is 5.12. The Morgan fingerprint density at radius 3 is 2.50 bits per heavy atom. The topological polar surface area (TPSA) is 107 Å². The minimum Gasteiger partial charge on any atom is -0.478 e. The van der Waals surface area contributed by atoms with E-state index in [2.05, 4.69) is 15.9 Å². The van der Waals surface area contributed by atoms with E-state index in [4.69, 9.17) is 15.0 Å². The SMILES string of the molecule is Cc1ccc(S(=O)(=O)O[C@@H]2CC(C(=O)O)=C[C@@H](Br)[C@@H]2N)cc1. The van der Waals surface area contributed by atoms with Crippen LogP contribution in [0.4, 0.5) is 0 Å². The number of hydrogen-bond donors (Lipinski definition) is 2. The highest BCUT2D eigenvalue weighted by molar-refractivity contribution is 9.09. The summed E-state index contributed by atoms with van der Waals surface area (Å²) in [6.45, 7) is 1.84. The fraction of sp³-hybridized carbons (Fsp3) is 0.357. The van der Waals surface area contributed by atoms with Gasteiger partial charge < -0.3 is 10.8 Å². The third-order valence-corrected chi connectivity index (χ3v) is 5.64. The first-order valence-electron chi connectivity index (χ1n) is 6.54. The van der Waals surface area contributed by atoms with Crippen molar-refractivity contribution in [1.29, 1.82) is 0 Å². The monoisotopic (exact) mass is 389 g/mol. The highest BCUT2D eigenvalue weighted by Crippen LogP contribution is 2.28. The molecule has 0 unspecified atom stereocenters. The Morgan fingerprint density at radius 1 is 1.36 bits per heavy atom. The Morgan fingerprint density at radius 2 is 1.95 bits per heavy atom. The first-order valence-corrected chi connectivity index (χ1v) is 8.86. The van der Waals surface area contributed by atoms with Crippen LogP contribution in [0.15, 0.2) is 40.8 Å². The predicted octanol–water partition coefficient (Wildman–Crippen LogP) is 1.57. The zero-order valence-electron chi connectivity index (χ0n) is 11.8. The number of carboxylic acid groups (broad SMARTS) is 1. The van der Waals surface area contributed by atoms with Crippen molar-refractivity contribution in [3.63, 3.8) is 0 Å². The molecule has 1 aromatic rings. The molecule has 0 fully saturated rings. The number of carbonyl (C=O) groups is 1. The lowest BCUT2D eigenvalue weighted by Gasteiger charge is -2.30. The van der Waals surface area contributed by atoms with Gasteiger partial charge in [-0.2, -0.15) is 8.42 Å². The van der Waals surface area contributed by atoms with Gasteiger partial charge >= 0.3 is 5.97 Å². The summed E-state index contributed by atoms with van der Waals surface area (Å²) in [5.74, 6) is -1.11. The summed E-state index contributed by atoms with van der Waals surface area (Å²) in [5, 5.41) is 9.07. The molecule has 120 valence electrons. The van der Waals surface area contributed by atoms with Gasteiger partial charge in [0.1, 0.15) is 0 Å². The highest BCUT2D eigenvalue weighted by atomic mass is 79.9. The van der Waals surface area contributed by atoms with Gasteiger partial charge in [0.2, 0.25) is 0 Å².